The zero-order valence-corrected chi connectivity index (χ0v) is 14.1. The van der Waals surface area contributed by atoms with Crippen molar-refractivity contribution >= 4 is 16.7 Å². The number of nitrogens with zero attached hydrogens (tertiary/aromatic N) is 3. The highest BCUT2D eigenvalue weighted by atomic mass is 16.6. The van der Waals surface area contributed by atoms with Gasteiger partial charge in [0, 0.05) is 17.3 Å². The monoisotopic (exact) mass is 336 g/mol. The van der Waals surface area contributed by atoms with Crippen LogP contribution in [0.4, 0.5) is 5.69 Å². The van der Waals surface area contributed by atoms with Crippen LogP contribution in [-0.4, -0.2) is 27.2 Å². The van der Waals surface area contributed by atoms with Crippen LogP contribution in [0, 0.1) is 5.92 Å². The van der Waals surface area contributed by atoms with Gasteiger partial charge < -0.3 is 15.2 Å². The zero-order chi connectivity index (χ0) is 17.0. The van der Waals surface area contributed by atoms with Gasteiger partial charge in [0.25, 0.3) is 6.01 Å². The Morgan fingerprint density at radius 2 is 2.20 bits per heavy atom. The van der Waals surface area contributed by atoms with Crippen molar-refractivity contribution in [3.8, 4) is 11.8 Å². The second kappa shape index (κ2) is 5.37. The standard InChI is InChI=1S/C19H20N4O2/c1-11-6-15(11)16-4-3-13(8-21-16)24-10-14-9-23-18-5-2-12(20)7-17(18)22-19(23)25-14/h2-5,7-8,11,14-15H,6,9-10,20H2,1H3/t11-,14+,15?/m1/s1. The van der Waals surface area contributed by atoms with Gasteiger partial charge in [-0.1, -0.05) is 6.92 Å². The molecule has 3 atom stereocenters. The fraction of sp³-hybridized carbons (Fsp3) is 0.368. The number of aromatic nitrogens is 3. The van der Waals surface area contributed by atoms with E-state index in [9.17, 15) is 0 Å². The molecule has 1 fully saturated rings. The minimum atomic E-state index is -0.0485. The quantitative estimate of drug-likeness (QED) is 0.741. The van der Waals surface area contributed by atoms with E-state index < -0.39 is 0 Å². The van der Waals surface area contributed by atoms with Crippen molar-refractivity contribution in [2.45, 2.75) is 31.9 Å². The normalized spacial score (nSPS) is 24.1. The molecule has 1 unspecified atom stereocenters. The van der Waals surface area contributed by atoms with Crippen LogP contribution in [0.1, 0.15) is 25.0 Å². The summed E-state index contributed by atoms with van der Waals surface area (Å²) in [4.78, 5) is 9.02. The third-order valence-electron chi connectivity index (χ3n) is 5.08. The molecule has 1 aliphatic carbocycles. The fourth-order valence-corrected chi connectivity index (χ4v) is 3.49. The number of fused-ring (bicyclic) bond motifs is 3. The van der Waals surface area contributed by atoms with Crippen LogP contribution in [0.5, 0.6) is 11.8 Å². The van der Waals surface area contributed by atoms with Crippen molar-refractivity contribution in [3.63, 3.8) is 0 Å². The summed E-state index contributed by atoms with van der Waals surface area (Å²) in [5.74, 6) is 2.17. The Kier molecular flexibility index (Phi) is 3.13. The van der Waals surface area contributed by atoms with Gasteiger partial charge in [0.15, 0.2) is 6.10 Å². The molecular formula is C19H20N4O2. The van der Waals surface area contributed by atoms with Crippen molar-refractivity contribution in [1.82, 2.24) is 14.5 Å². The molecule has 1 aromatic carbocycles. The third kappa shape index (κ3) is 2.58. The number of rotatable bonds is 4. The Bertz CT molecular complexity index is 934. The highest BCUT2D eigenvalue weighted by Crippen LogP contribution is 2.46. The van der Waals surface area contributed by atoms with Gasteiger partial charge in [-0.05, 0) is 42.7 Å². The molecule has 2 aliphatic rings. The van der Waals surface area contributed by atoms with Crippen LogP contribution in [0.2, 0.25) is 0 Å². The van der Waals surface area contributed by atoms with Gasteiger partial charge in [-0.2, -0.15) is 4.98 Å². The molecule has 2 N–H and O–H groups in total. The molecule has 128 valence electrons. The summed E-state index contributed by atoms with van der Waals surface area (Å²) in [6, 6.07) is 10.4. The molecule has 0 saturated heterocycles. The van der Waals surface area contributed by atoms with E-state index in [0.29, 0.717) is 24.2 Å². The first-order valence-corrected chi connectivity index (χ1v) is 8.68. The number of nitrogens with two attached hydrogens (primary N) is 1. The molecule has 6 nitrogen and oxygen atoms in total. The van der Waals surface area contributed by atoms with Crippen molar-refractivity contribution in [3.05, 3.63) is 42.2 Å². The molecule has 0 radical (unpaired) electrons. The minimum Gasteiger partial charge on any atom is -0.488 e. The lowest BCUT2D eigenvalue weighted by atomic mass is 10.2. The number of nitrogen functional groups attached to an aromatic ring is 1. The van der Waals surface area contributed by atoms with E-state index in [1.165, 1.54) is 12.1 Å². The Morgan fingerprint density at radius 1 is 1.32 bits per heavy atom. The lowest BCUT2D eigenvalue weighted by Gasteiger charge is -2.11. The van der Waals surface area contributed by atoms with Gasteiger partial charge in [0.05, 0.1) is 23.8 Å². The van der Waals surface area contributed by atoms with E-state index >= 15 is 0 Å². The summed E-state index contributed by atoms with van der Waals surface area (Å²) in [6.45, 7) is 3.46. The van der Waals surface area contributed by atoms with Crippen molar-refractivity contribution in [2.75, 3.05) is 12.3 Å². The number of benzene rings is 1. The van der Waals surface area contributed by atoms with Crippen molar-refractivity contribution in [1.29, 1.82) is 0 Å². The second-order valence-electron chi connectivity index (χ2n) is 7.04. The van der Waals surface area contributed by atoms with Gasteiger partial charge >= 0.3 is 0 Å². The smallest absolute Gasteiger partial charge is 0.297 e. The number of ether oxygens (including phenoxy) is 2. The summed E-state index contributed by atoms with van der Waals surface area (Å²) in [5.41, 5.74) is 9.59. The number of hydrogen-bond donors (Lipinski definition) is 1. The van der Waals surface area contributed by atoms with Crippen molar-refractivity contribution in [2.24, 2.45) is 5.92 Å². The maximum absolute atomic E-state index is 5.91. The highest BCUT2D eigenvalue weighted by molar-refractivity contribution is 5.80. The van der Waals surface area contributed by atoms with E-state index in [-0.39, 0.29) is 6.10 Å². The average Bonchev–Trinajstić information content (AvgIpc) is 3.06. The first kappa shape index (κ1) is 14.6. The first-order chi connectivity index (χ1) is 12.2. The molecule has 3 aromatic rings. The van der Waals surface area contributed by atoms with E-state index in [0.717, 1.165) is 29.2 Å². The molecule has 1 saturated carbocycles. The first-order valence-electron chi connectivity index (χ1n) is 8.68. The molecule has 2 aromatic heterocycles. The number of hydrogen-bond acceptors (Lipinski definition) is 5. The van der Waals surface area contributed by atoms with Crippen LogP contribution in [0.15, 0.2) is 36.5 Å². The molecular weight excluding hydrogens is 316 g/mol. The Morgan fingerprint density at radius 3 is 2.96 bits per heavy atom. The van der Waals surface area contributed by atoms with Crippen LogP contribution >= 0.6 is 0 Å². The summed E-state index contributed by atoms with van der Waals surface area (Å²) < 4.78 is 13.8. The zero-order valence-electron chi connectivity index (χ0n) is 14.1. The summed E-state index contributed by atoms with van der Waals surface area (Å²) >= 11 is 0. The molecule has 1 aliphatic heterocycles. The third-order valence-corrected chi connectivity index (χ3v) is 5.08. The SMILES string of the molecule is C[C@@H]1CC1c1ccc(OC[C@@H]2Cn3c(nc4cc(N)ccc43)O2)cn1. The molecule has 6 heteroatoms. The Labute approximate surface area is 145 Å². The summed E-state index contributed by atoms with van der Waals surface area (Å²) in [6.07, 6.45) is 3.01. The maximum Gasteiger partial charge on any atom is 0.297 e. The van der Waals surface area contributed by atoms with Crippen LogP contribution in [-0.2, 0) is 6.54 Å². The number of pyridine rings is 1. The second-order valence-corrected chi connectivity index (χ2v) is 7.04. The lowest BCUT2D eigenvalue weighted by Crippen LogP contribution is -2.23. The summed E-state index contributed by atoms with van der Waals surface area (Å²) in [5, 5.41) is 0. The molecule has 0 bridgehead atoms. The average molecular weight is 336 g/mol. The molecule has 5 rings (SSSR count). The predicted octanol–water partition coefficient (Wildman–Crippen LogP) is 2.98. The predicted molar refractivity (Wildman–Crippen MR) is 94.8 cm³/mol. The molecule has 3 heterocycles. The largest absolute Gasteiger partial charge is 0.488 e. The van der Waals surface area contributed by atoms with Gasteiger partial charge in [-0.3, -0.25) is 9.55 Å². The highest BCUT2D eigenvalue weighted by Gasteiger charge is 2.35. The Hall–Kier alpha value is -2.76. The maximum atomic E-state index is 5.91. The Balaban J connectivity index is 1.23. The number of imidazole rings is 1. The minimum absolute atomic E-state index is 0.0485. The fourth-order valence-electron chi connectivity index (χ4n) is 3.49. The van der Waals surface area contributed by atoms with Gasteiger partial charge in [-0.15, -0.1) is 0 Å². The van der Waals surface area contributed by atoms with E-state index in [4.69, 9.17) is 15.2 Å². The van der Waals surface area contributed by atoms with E-state index in [1.807, 2.05) is 30.5 Å². The van der Waals surface area contributed by atoms with Gasteiger partial charge in [0.1, 0.15) is 12.4 Å². The van der Waals surface area contributed by atoms with Crippen LogP contribution < -0.4 is 15.2 Å². The van der Waals surface area contributed by atoms with Gasteiger partial charge in [0.2, 0.25) is 0 Å². The topological polar surface area (TPSA) is 75.2 Å². The van der Waals surface area contributed by atoms with Crippen LogP contribution in [0.25, 0.3) is 11.0 Å². The van der Waals surface area contributed by atoms with E-state index in [1.54, 1.807) is 0 Å². The number of anilines is 1. The van der Waals surface area contributed by atoms with E-state index in [2.05, 4.69) is 27.5 Å². The lowest BCUT2D eigenvalue weighted by molar-refractivity contribution is 0.143. The van der Waals surface area contributed by atoms with Gasteiger partial charge in [-0.25, -0.2) is 0 Å². The molecule has 0 amide bonds. The molecule has 25 heavy (non-hydrogen) atoms. The van der Waals surface area contributed by atoms with Crippen molar-refractivity contribution < 1.29 is 9.47 Å². The summed E-state index contributed by atoms with van der Waals surface area (Å²) in [7, 11) is 0. The molecule has 0 spiro atoms. The van der Waals surface area contributed by atoms with Crippen LogP contribution in [0.3, 0.4) is 0 Å².